The number of benzene rings is 2. The molecule has 2 aromatic carbocycles. The highest BCUT2D eigenvalue weighted by atomic mass is 19.2. The van der Waals surface area contributed by atoms with Gasteiger partial charge in [0.1, 0.15) is 11.4 Å². The van der Waals surface area contributed by atoms with Crippen LogP contribution in [0.25, 0.3) is 10.9 Å². The van der Waals surface area contributed by atoms with E-state index >= 15 is 0 Å². The van der Waals surface area contributed by atoms with Gasteiger partial charge in [-0.1, -0.05) is 29.8 Å². The number of halogens is 2. The third-order valence-electron chi connectivity index (χ3n) is 7.60. The van der Waals surface area contributed by atoms with Crippen molar-refractivity contribution in [1.29, 1.82) is 0 Å². The lowest BCUT2D eigenvalue weighted by Crippen LogP contribution is -2.39. The van der Waals surface area contributed by atoms with E-state index in [9.17, 15) is 18.4 Å². The van der Waals surface area contributed by atoms with Crippen LogP contribution in [0, 0.1) is 18.6 Å². The lowest BCUT2D eigenvalue weighted by Gasteiger charge is -2.30. The number of hydrogen-bond acceptors (Lipinski definition) is 3. The number of amides is 2. The second-order valence-electron chi connectivity index (χ2n) is 9.77. The van der Waals surface area contributed by atoms with E-state index in [2.05, 4.69) is 39.4 Å². The van der Waals surface area contributed by atoms with Gasteiger partial charge in [0.05, 0.1) is 17.8 Å². The van der Waals surface area contributed by atoms with E-state index in [0.29, 0.717) is 29.7 Å². The van der Waals surface area contributed by atoms with Crippen molar-refractivity contribution in [1.82, 2.24) is 25.0 Å². The maximum atomic E-state index is 14.2. The quantitative estimate of drug-likeness (QED) is 0.445. The molecule has 184 valence electrons. The number of rotatable bonds is 4. The largest absolute Gasteiger partial charge is 0.350 e. The van der Waals surface area contributed by atoms with Crippen LogP contribution in [0.3, 0.4) is 0 Å². The molecule has 9 heteroatoms. The summed E-state index contributed by atoms with van der Waals surface area (Å²) in [4.78, 5) is 33.1. The predicted octanol–water partition coefficient (Wildman–Crippen LogP) is 4.44. The summed E-state index contributed by atoms with van der Waals surface area (Å²) < 4.78 is 27.8. The molecule has 36 heavy (non-hydrogen) atoms. The zero-order valence-corrected chi connectivity index (χ0v) is 20.0. The SMILES string of the molecule is Cc1ccc(C2(N(C)C(=O)c3[nH]nc4c3CN(C(=O)c3cc5c(F)c(F)ccc5[nH]3)CC4)CC2)cc1. The molecule has 2 N–H and O–H groups in total. The minimum atomic E-state index is -0.989. The molecule has 1 aliphatic carbocycles. The van der Waals surface area contributed by atoms with Crippen molar-refractivity contribution in [2.24, 2.45) is 0 Å². The molecule has 2 aliphatic rings. The fraction of sp³-hybridized carbons (Fsp3) is 0.296. The Hall–Kier alpha value is -4.01. The summed E-state index contributed by atoms with van der Waals surface area (Å²) in [7, 11) is 1.81. The minimum absolute atomic E-state index is 0.0303. The average Bonchev–Trinajstić information content (AvgIpc) is 3.39. The highest BCUT2D eigenvalue weighted by Gasteiger charge is 2.50. The summed E-state index contributed by atoms with van der Waals surface area (Å²) in [6.07, 6.45) is 2.26. The summed E-state index contributed by atoms with van der Waals surface area (Å²) >= 11 is 0. The number of carbonyl (C=O) groups excluding carboxylic acids is 2. The molecule has 2 aromatic heterocycles. The van der Waals surface area contributed by atoms with Crippen molar-refractivity contribution < 1.29 is 18.4 Å². The number of aromatic amines is 2. The van der Waals surface area contributed by atoms with Gasteiger partial charge in [-0.2, -0.15) is 5.10 Å². The van der Waals surface area contributed by atoms with Gasteiger partial charge in [-0.15, -0.1) is 0 Å². The Balaban J connectivity index is 1.26. The normalized spacial score (nSPS) is 16.2. The first-order chi connectivity index (χ1) is 17.3. The van der Waals surface area contributed by atoms with Crippen molar-refractivity contribution in [3.8, 4) is 0 Å². The first-order valence-electron chi connectivity index (χ1n) is 12.0. The Morgan fingerprint density at radius 2 is 1.86 bits per heavy atom. The lowest BCUT2D eigenvalue weighted by molar-refractivity contribution is 0.0681. The molecular weight excluding hydrogens is 464 g/mol. The second-order valence-corrected chi connectivity index (χ2v) is 9.77. The van der Waals surface area contributed by atoms with Crippen LogP contribution in [0.4, 0.5) is 8.78 Å². The van der Waals surface area contributed by atoms with Gasteiger partial charge in [-0.05, 0) is 43.5 Å². The van der Waals surface area contributed by atoms with E-state index in [4.69, 9.17) is 0 Å². The number of hydrogen-bond donors (Lipinski definition) is 2. The highest BCUT2D eigenvalue weighted by Crippen LogP contribution is 2.51. The Kier molecular flexibility index (Phi) is 5.00. The van der Waals surface area contributed by atoms with Crippen LogP contribution >= 0.6 is 0 Å². The van der Waals surface area contributed by atoms with E-state index in [1.165, 1.54) is 17.7 Å². The molecule has 4 aromatic rings. The fourth-order valence-electron chi connectivity index (χ4n) is 5.23. The van der Waals surface area contributed by atoms with E-state index in [1.54, 1.807) is 9.80 Å². The van der Waals surface area contributed by atoms with Gasteiger partial charge in [0.25, 0.3) is 11.8 Å². The summed E-state index contributed by atoms with van der Waals surface area (Å²) in [5.74, 6) is -2.47. The number of aromatic nitrogens is 3. The number of nitrogens with one attached hydrogen (secondary N) is 2. The molecule has 3 heterocycles. The molecule has 6 rings (SSSR count). The van der Waals surface area contributed by atoms with Crippen LogP contribution in [0.15, 0.2) is 42.5 Å². The summed E-state index contributed by atoms with van der Waals surface area (Å²) in [6, 6.07) is 12.0. The van der Waals surface area contributed by atoms with Crippen LogP contribution in [0.5, 0.6) is 0 Å². The van der Waals surface area contributed by atoms with Gasteiger partial charge in [0.15, 0.2) is 11.6 Å². The number of carbonyl (C=O) groups is 2. The topological polar surface area (TPSA) is 85.1 Å². The molecule has 1 fully saturated rings. The van der Waals surface area contributed by atoms with Crippen molar-refractivity contribution in [3.63, 3.8) is 0 Å². The Labute approximate surface area is 206 Å². The van der Waals surface area contributed by atoms with Crippen LogP contribution in [0.1, 0.15) is 56.2 Å². The van der Waals surface area contributed by atoms with Crippen molar-refractivity contribution in [2.45, 2.75) is 38.3 Å². The van der Waals surface area contributed by atoms with Crippen molar-refractivity contribution in [2.75, 3.05) is 13.6 Å². The van der Waals surface area contributed by atoms with E-state index in [1.807, 2.05) is 14.0 Å². The molecular formula is C27H25F2N5O2. The maximum Gasteiger partial charge on any atom is 0.272 e. The summed E-state index contributed by atoms with van der Waals surface area (Å²) in [5, 5.41) is 7.30. The van der Waals surface area contributed by atoms with Gasteiger partial charge in [0, 0.05) is 36.5 Å². The molecule has 0 radical (unpaired) electrons. The molecule has 0 unspecified atom stereocenters. The lowest BCUT2D eigenvalue weighted by atomic mass is 10.00. The molecule has 0 saturated heterocycles. The first-order valence-corrected chi connectivity index (χ1v) is 12.0. The second kappa shape index (κ2) is 8.01. The van der Waals surface area contributed by atoms with Crippen molar-refractivity contribution >= 4 is 22.7 Å². The number of aryl methyl sites for hydroxylation is 1. The molecule has 1 saturated carbocycles. The van der Waals surface area contributed by atoms with Crippen LogP contribution in [-0.2, 0) is 18.5 Å². The molecule has 1 aliphatic heterocycles. The smallest absolute Gasteiger partial charge is 0.272 e. The predicted molar refractivity (Wildman–Crippen MR) is 129 cm³/mol. The van der Waals surface area contributed by atoms with E-state index < -0.39 is 11.6 Å². The van der Waals surface area contributed by atoms with Gasteiger partial charge < -0.3 is 14.8 Å². The van der Waals surface area contributed by atoms with Crippen LogP contribution in [-0.4, -0.2) is 50.4 Å². The number of H-pyrrole nitrogens is 2. The van der Waals surface area contributed by atoms with E-state index in [0.717, 1.165) is 30.2 Å². The zero-order chi connectivity index (χ0) is 25.2. The van der Waals surface area contributed by atoms with Gasteiger partial charge in [0.2, 0.25) is 0 Å². The van der Waals surface area contributed by atoms with Crippen molar-refractivity contribution in [3.05, 3.63) is 87.9 Å². The van der Waals surface area contributed by atoms with E-state index in [-0.39, 0.29) is 35.0 Å². The number of fused-ring (bicyclic) bond motifs is 2. The Morgan fingerprint density at radius 3 is 2.58 bits per heavy atom. The van der Waals surface area contributed by atoms with Gasteiger partial charge in [-0.25, -0.2) is 8.78 Å². The zero-order valence-electron chi connectivity index (χ0n) is 20.0. The first kappa shape index (κ1) is 22.5. The molecule has 0 atom stereocenters. The third kappa shape index (κ3) is 3.41. The maximum absolute atomic E-state index is 14.2. The molecule has 7 nitrogen and oxygen atoms in total. The Morgan fingerprint density at radius 1 is 1.11 bits per heavy atom. The monoisotopic (exact) mass is 489 g/mol. The molecule has 0 spiro atoms. The number of nitrogens with zero attached hydrogens (tertiary/aromatic N) is 3. The van der Waals surface area contributed by atoms with Gasteiger partial charge >= 0.3 is 0 Å². The fourth-order valence-corrected chi connectivity index (χ4v) is 5.23. The molecule has 0 bridgehead atoms. The van der Waals surface area contributed by atoms with Crippen LogP contribution < -0.4 is 0 Å². The standard InChI is InChI=1S/C27H25F2N5O2/c1-15-3-5-16(6-4-15)27(10-11-27)33(2)26(36)24-18-14-34(12-9-21(18)31-32-24)25(35)22-13-17-20(30-22)8-7-19(28)23(17)29/h3-8,13,30H,9-12,14H2,1-2H3,(H,31,32). The third-order valence-corrected chi connectivity index (χ3v) is 7.60. The highest BCUT2D eigenvalue weighted by molar-refractivity contribution is 5.99. The summed E-state index contributed by atoms with van der Waals surface area (Å²) in [5.41, 5.74) is 4.30. The summed E-state index contributed by atoms with van der Waals surface area (Å²) in [6.45, 7) is 2.63. The minimum Gasteiger partial charge on any atom is -0.350 e. The van der Waals surface area contributed by atoms with Gasteiger partial charge in [-0.3, -0.25) is 14.7 Å². The van der Waals surface area contributed by atoms with Crippen LogP contribution in [0.2, 0.25) is 0 Å². The average molecular weight is 490 g/mol. The molecule has 2 amide bonds. The Bertz CT molecular complexity index is 1520.